The van der Waals surface area contributed by atoms with Crippen LogP contribution in [0, 0.1) is 0 Å². The first kappa shape index (κ1) is 23.8. The molecule has 0 N–H and O–H groups in total. The van der Waals surface area contributed by atoms with Crippen LogP contribution >= 0.6 is 46.1 Å². The third-order valence-electron chi connectivity index (χ3n) is 5.04. The van der Waals surface area contributed by atoms with E-state index in [0.717, 1.165) is 5.56 Å². The summed E-state index contributed by atoms with van der Waals surface area (Å²) in [5, 5.41) is 1.30. The van der Waals surface area contributed by atoms with Crippen molar-refractivity contribution in [3.8, 4) is 0 Å². The highest BCUT2D eigenvalue weighted by Crippen LogP contribution is 2.32. The molecular formula is C24H19Cl3N2O3S. The fourth-order valence-electron chi connectivity index (χ4n) is 3.59. The van der Waals surface area contributed by atoms with Crippen LogP contribution in [-0.2, 0) is 9.53 Å². The summed E-state index contributed by atoms with van der Waals surface area (Å²) in [5.74, 6) is -0.515. The maximum atomic E-state index is 13.6. The van der Waals surface area contributed by atoms with Gasteiger partial charge in [-0.05, 0) is 56.2 Å². The van der Waals surface area contributed by atoms with Crippen molar-refractivity contribution in [3.05, 3.63) is 99.6 Å². The number of nitrogens with zero attached hydrogens (tertiary/aromatic N) is 2. The predicted octanol–water partition coefficient (Wildman–Crippen LogP) is 5.15. The van der Waals surface area contributed by atoms with Crippen LogP contribution < -0.4 is 14.9 Å². The molecule has 0 saturated heterocycles. The molecule has 9 heteroatoms. The van der Waals surface area contributed by atoms with Gasteiger partial charge in [-0.2, -0.15) is 0 Å². The largest absolute Gasteiger partial charge is 0.459 e. The predicted molar refractivity (Wildman–Crippen MR) is 133 cm³/mol. The molecule has 1 aliphatic heterocycles. The van der Waals surface area contributed by atoms with Crippen molar-refractivity contribution in [1.29, 1.82) is 0 Å². The first-order valence-corrected chi connectivity index (χ1v) is 12.1. The van der Waals surface area contributed by atoms with Gasteiger partial charge in [0.25, 0.3) is 5.56 Å². The maximum Gasteiger partial charge on any atom is 0.338 e. The molecular weight excluding hydrogens is 503 g/mol. The Morgan fingerprint density at radius 1 is 1.15 bits per heavy atom. The number of thiazole rings is 1. The van der Waals surface area contributed by atoms with E-state index in [1.807, 2.05) is 0 Å². The molecule has 0 bridgehead atoms. The van der Waals surface area contributed by atoms with E-state index in [1.165, 1.54) is 15.9 Å². The average Bonchev–Trinajstić information content (AvgIpc) is 3.05. The minimum Gasteiger partial charge on any atom is -0.459 e. The van der Waals surface area contributed by atoms with Gasteiger partial charge in [0.05, 0.1) is 38.0 Å². The number of benzene rings is 2. The molecule has 1 aliphatic rings. The second kappa shape index (κ2) is 9.47. The lowest BCUT2D eigenvalue weighted by molar-refractivity contribution is -0.143. The summed E-state index contributed by atoms with van der Waals surface area (Å²) in [6, 6.07) is 11.5. The SMILES string of the molecule is CC1=C(C(=O)OC(C)C)C(c2ccc(Cl)cc2)n2c(sc(=Cc3cccc(Cl)c3Cl)c2=O)=N1. The van der Waals surface area contributed by atoms with E-state index in [4.69, 9.17) is 39.5 Å². The molecule has 0 amide bonds. The zero-order valence-corrected chi connectivity index (χ0v) is 21.0. The minimum absolute atomic E-state index is 0.294. The molecule has 3 aromatic rings. The van der Waals surface area contributed by atoms with Gasteiger partial charge < -0.3 is 4.74 Å². The molecule has 0 radical (unpaired) electrons. The normalized spacial score (nSPS) is 16.1. The fourth-order valence-corrected chi connectivity index (χ4v) is 5.12. The molecule has 1 unspecified atom stereocenters. The first-order valence-electron chi connectivity index (χ1n) is 10.1. The highest BCUT2D eigenvalue weighted by atomic mass is 35.5. The van der Waals surface area contributed by atoms with Gasteiger partial charge >= 0.3 is 5.97 Å². The fraction of sp³-hybridized carbons (Fsp3) is 0.208. The van der Waals surface area contributed by atoms with Crippen LogP contribution in [0.5, 0.6) is 0 Å². The van der Waals surface area contributed by atoms with Crippen molar-refractivity contribution >= 4 is 58.2 Å². The molecule has 1 aromatic heterocycles. The highest BCUT2D eigenvalue weighted by molar-refractivity contribution is 7.07. The number of halogens is 3. The molecule has 0 fully saturated rings. The molecule has 5 nitrogen and oxygen atoms in total. The number of aromatic nitrogens is 1. The Morgan fingerprint density at radius 2 is 1.85 bits per heavy atom. The molecule has 2 heterocycles. The van der Waals surface area contributed by atoms with Crippen molar-refractivity contribution in [1.82, 2.24) is 4.57 Å². The number of rotatable bonds is 4. The molecule has 0 spiro atoms. The van der Waals surface area contributed by atoms with E-state index in [1.54, 1.807) is 69.3 Å². The molecule has 4 rings (SSSR count). The van der Waals surface area contributed by atoms with Crippen LogP contribution in [0.15, 0.2) is 63.5 Å². The van der Waals surface area contributed by atoms with Gasteiger partial charge in [-0.3, -0.25) is 9.36 Å². The van der Waals surface area contributed by atoms with Gasteiger partial charge in [0.15, 0.2) is 4.80 Å². The van der Waals surface area contributed by atoms with Gasteiger partial charge in [-0.1, -0.05) is 70.4 Å². The number of hydrogen-bond acceptors (Lipinski definition) is 5. The van der Waals surface area contributed by atoms with Crippen LogP contribution in [-0.4, -0.2) is 16.6 Å². The molecule has 0 saturated carbocycles. The molecule has 170 valence electrons. The average molecular weight is 522 g/mol. The van der Waals surface area contributed by atoms with Gasteiger partial charge in [0, 0.05) is 5.02 Å². The summed E-state index contributed by atoms with van der Waals surface area (Å²) in [6.07, 6.45) is 1.36. The van der Waals surface area contributed by atoms with E-state index in [-0.39, 0.29) is 11.7 Å². The van der Waals surface area contributed by atoms with E-state index in [0.29, 0.717) is 41.2 Å². The number of fused-ring (bicyclic) bond motifs is 1. The zero-order valence-electron chi connectivity index (χ0n) is 17.9. The number of ether oxygens (including phenoxy) is 1. The Labute approximate surface area is 209 Å². The van der Waals surface area contributed by atoms with Crippen molar-refractivity contribution in [2.24, 2.45) is 4.99 Å². The highest BCUT2D eigenvalue weighted by Gasteiger charge is 2.33. The van der Waals surface area contributed by atoms with Crippen LogP contribution in [0.25, 0.3) is 6.08 Å². The lowest BCUT2D eigenvalue weighted by atomic mass is 9.96. The van der Waals surface area contributed by atoms with Crippen LogP contribution in [0.2, 0.25) is 15.1 Å². The quantitative estimate of drug-likeness (QED) is 0.446. The Kier molecular flexibility index (Phi) is 6.82. The van der Waals surface area contributed by atoms with Gasteiger partial charge in [-0.15, -0.1) is 0 Å². The van der Waals surface area contributed by atoms with Crippen molar-refractivity contribution in [3.63, 3.8) is 0 Å². The summed E-state index contributed by atoms with van der Waals surface area (Å²) < 4.78 is 7.42. The Hall–Kier alpha value is -2.38. The summed E-state index contributed by atoms with van der Waals surface area (Å²) in [6.45, 7) is 5.29. The van der Waals surface area contributed by atoms with Gasteiger partial charge in [0.2, 0.25) is 0 Å². The monoisotopic (exact) mass is 520 g/mol. The Morgan fingerprint density at radius 3 is 2.52 bits per heavy atom. The standard InChI is InChI=1S/C24H19Cl3N2O3S/c1-12(2)32-23(31)19-13(3)28-24-29(21(19)14-7-9-16(25)10-8-14)22(30)18(33-24)11-15-5-4-6-17(26)20(15)27/h4-12,21H,1-3H3. The van der Waals surface area contributed by atoms with Crippen LogP contribution in [0.3, 0.4) is 0 Å². The summed E-state index contributed by atoms with van der Waals surface area (Å²) in [5.41, 5.74) is 1.85. The van der Waals surface area contributed by atoms with Gasteiger partial charge in [0.1, 0.15) is 0 Å². The van der Waals surface area contributed by atoms with Crippen LogP contribution in [0.4, 0.5) is 0 Å². The maximum absolute atomic E-state index is 13.6. The zero-order chi connectivity index (χ0) is 23.9. The third-order valence-corrected chi connectivity index (χ3v) is 7.11. The smallest absolute Gasteiger partial charge is 0.338 e. The number of carbonyl (C=O) groups is 1. The third kappa shape index (κ3) is 4.66. The summed E-state index contributed by atoms with van der Waals surface area (Å²) >= 11 is 19.8. The van der Waals surface area contributed by atoms with Crippen molar-refractivity contribution in [2.45, 2.75) is 32.9 Å². The van der Waals surface area contributed by atoms with Crippen LogP contribution in [0.1, 0.15) is 37.9 Å². The molecule has 1 atom stereocenters. The lowest BCUT2D eigenvalue weighted by Crippen LogP contribution is -2.40. The second-order valence-corrected chi connectivity index (χ2v) is 9.96. The first-order chi connectivity index (χ1) is 15.7. The number of allylic oxidation sites excluding steroid dienone is 1. The van der Waals surface area contributed by atoms with Crippen molar-refractivity contribution in [2.75, 3.05) is 0 Å². The molecule has 33 heavy (non-hydrogen) atoms. The van der Waals surface area contributed by atoms with E-state index in [9.17, 15) is 9.59 Å². The number of carbonyl (C=O) groups excluding carboxylic acids is 1. The second-order valence-electron chi connectivity index (χ2n) is 7.73. The van der Waals surface area contributed by atoms with E-state index >= 15 is 0 Å². The Balaban J connectivity index is 1.96. The molecule has 0 aliphatic carbocycles. The summed E-state index contributed by atoms with van der Waals surface area (Å²) in [4.78, 5) is 31.7. The number of esters is 1. The minimum atomic E-state index is -0.707. The van der Waals surface area contributed by atoms with E-state index in [2.05, 4.69) is 4.99 Å². The topological polar surface area (TPSA) is 60.7 Å². The van der Waals surface area contributed by atoms with Crippen molar-refractivity contribution < 1.29 is 9.53 Å². The number of hydrogen-bond donors (Lipinski definition) is 0. The Bertz CT molecular complexity index is 1450. The van der Waals surface area contributed by atoms with Gasteiger partial charge in [-0.25, -0.2) is 9.79 Å². The lowest BCUT2D eigenvalue weighted by Gasteiger charge is -2.25. The van der Waals surface area contributed by atoms with E-state index < -0.39 is 12.0 Å². The molecule has 2 aromatic carbocycles. The summed E-state index contributed by atoms with van der Waals surface area (Å²) in [7, 11) is 0.